The Labute approximate surface area is 195 Å². The van der Waals surface area contributed by atoms with Gasteiger partial charge in [0, 0.05) is 0 Å². The molecule has 2 fully saturated rings. The molecule has 0 aromatic heterocycles. The van der Waals surface area contributed by atoms with E-state index in [2.05, 4.69) is 50.3 Å². The van der Waals surface area contributed by atoms with Crippen LogP contribution in [-0.2, 0) is 26.2 Å². The van der Waals surface area contributed by atoms with Crippen LogP contribution in [0.15, 0.2) is 47.6 Å². The molecule has 0 aliphatic heterocycles. The molecule has 4 aliphatic rings. The topological polar surface area (TPSA) is 0 Å². The monoisotopic (exact) mass is 610 g/mol. The van der Waals surface area contributed by atoms with Crippen molar-refractivity contribution in [2.45, 2.75) is 52.4 Å². The van der Waals surface area contributed by atoms with Gasteiger partial charge < -0.3 is 48.0 Å². The average Bonchev–Trinajstić information content (AvgIpc) is 3.05. The second-order valence-corrected chi connectivity index (χ2v) is 6.60. The molecule has 4 aliphatic carbocycles. The Bertz CT molecular complexity index is 432. The van der Waals surface area contributed by atoms with E-state index in [0.29, 0.717) is 0 Å². The van der Waals surface area contributed by atoms with Crippen molar-refractivity contribution in [3.63, 3.8) is 0 Å². The van der Waals surface area contributed by atoms with Crippen molar-refractivity contribution in [1.29, 1.82) is 0 Å². The molecule has 124 valence electrons. The summed E-state index contributed by atoms with van der Waals surface area (Å²) < 4.78 is 0. The third kappa shape index (κ3) is 6.06. The zero-order chi connectivity index (χ0) is 13.9. The summed E-state index contributed by atoms with van der Waals surface area (Å²) in [5.74, 6) is 5.00. The van der Waals surface area contributed by atoms with Crippen molar-refractivity contribution in [1.82, 2.24) is 0 Å². The molecule has 0 heterocycles. The van der Waals surface area contributed by atoms with Crippen LogP contribution in [-0.4, -0.2) is 0 Å². The number of fused-ring (bicyclic) bond motifs is 2. The van der Waals surface area contributed by atoms with Gasteiger partial charge in [0.15, 0.2) is 0 Å². The molecule has 0 nitrogen and oxygen atoms in total. The van der Waals surface area contributed by atoms with Gasteiger partial charge in [-0.3, -0.25) is 0 Å². The first-order valence-corrected chi connectivity index (χ1v) is 8.14. The predicted molar refractivity (Wildman–Crippen MR) is 87.0 cm³/mol. The van der Waals surface area contributed by atoms with E-state index in [0.717, 1.165) is 11.8 Å². The van der Waals surface area contributed by atoms with Crippen molar-refractivity contribution < 1.29 is 74.2 Å². The SMILES string of the molecule is C[C-]1CCC2CC=CC=C12.C[C-]1CCC2CC=CC=C12.[I-].[I-].[Zr+4]. The van der Waals surface area contributed by atoms with Crippen LogP contribution in [0.3, 0.4) is 0 Å². The Morgan fingerprint density at radius 3 is 1.52 bits per heavy atom. The van der Waals surface area contributed by atoms with E-state index in [4.69, 9.17) is 0 Å². The van der Waals surface area contributed by atoms with Crippen LogP contribution < -0.4 is 48.0 Å². The van der Waals surface area contributed by atoms with Crippen molar-refractivity contribution in [2.24, 2.45) is 11.8 Å². The van der Waals surface area contributed by atoms with Gasteiger partial charge in [-0.2, -0.15) is 0 Å². The van der Waals surface area contributed by atoms with Gasteiger partial charge in [0.1, 0.15) is 0 Å². The van der Waals surface area contributed by atoms with Gasteiger partial charge in [-0.1, -0.05) is 25.7 Å². The van der Waals surface area contributed by atoms with Gasteiger partial charge in [-0.25, -0.2) is 35.1 Å². The Morgan fingerprint density at radius 1 is 0.783 bits per heavy atom. The molecule has 0 spiro atoms. The molecule has 3 heteroatoms. The van der Waals surface area contributed by atoms with E-state index in [1.165, 1.54) is 38.5 Å². The molecule has 0 amide bonds. The molecule has 0 aromatic carbocycles. The van der Waals surface area contributed by atoms with E-state index in [1.807, 2.05) is 0 Å². The smallest absolute Gasteiger partial charge is 1.00 e. The summed E-state index contributed by atoms with van der Waals surface area (Å²) in [6.07, 6.45) is 21.5. The first kappa shape index (κ1) is 24.0. The maximum atomic E-state index is 2.29. The Balaban J connectivity index is 0.000000372. The van der Waals surface area contributed by atoms with Gasteiger partial charge in [0.2, 0.25) is 0 Å². The van der Waals surface area contributed by atoms with Gasteiger partial charge in [0.25, 0.3) is 0 Å². The van der Waals surface area contributed by atoms with Gasteiger partial charge in [-0.15, -0.1) is 38.2 Å². The van der Waals surface area contributed by atoms with Gasteiger partial charge in [0.05, 0.1) is 0 Å². The zero-order valence-corrected chi connectivity index (χ0v) is 20.9. The third-order valence-electron chi connectivity index (χ3n) is 5.27. The maximum Gasteiger partial charge on any atom is 4.00 e. The predicted octanol–water partition coefficient (Wildman–Crippen LogP) is -0.240. The third-order valence-corrected chi connectivity index (χ3v) is 5.27. The van der Waals surface area contributed by atoms with E-state index >= 15 is 0 Å². The molecular weight excluding hydrogens is 585 g/mol. The van der Waals surface area contributed by atoms with Crippen molar-refractivity contribution in [2.75, 3.05) is 0 Å². The fraction of sp³-hybridized carbons (Fsp3) is 0.500. The fourth-order valence-corrected chi connectivity index (χ4v) is 3.95. The van der Waals surface area contributed by atoms with Crippen LogP contribution in [0.4, 0.5) is 0 Å². The number of halogens is 2. The summed E-state index contributed by atoms with van der Waals surface area (Å²) in [5, 5.41) is 0. The molecule has 0 radical (unpaired) electrons. The summed E-state index contributed by atoms with van der Waals surface area (Å²) in [7, 11) is 0. The van der Waals surface area contributed by atoms with Crippen molar-refractivity contribution in [3.05, 3.63) is 59.4 Å². The minimum atomic E-state index is 0. The van der Waals surface area contributed by atoms with Crippen LogP contribution >= 0.6 is 0 Å². The summed E-state index contributed by atoms with van der Waals surface area (Å²) in [6, 6.07) is 0. The van der Waals surface area contributed by atoms with Crippen LogP contribution in [0.2, 0.25) is 0 Å². The molecule has 0 bridgehead atoms. The van der Waals surface area contributed by atoms with Gasteiger partial charge >= 0.3 is 26.2 Å². The Morgan fingerprint density at radius 2 is 1.17 bits per heavy atom. The van der Waals surface area contributed by atoms with Crippen LogP contribution in [0.1, 0.15) is 52.4 Å². The molecule has 23 heavy (non-hydrogen) atoms. The minimum Gasteiger partial charge on any atom is -1.00 e. The molecule has 0 N–H and O–H groups in total. The van der Waals surface area contributed by atoms with Crippen molar-refractivity contribution in [3.8, 4) is 0 Å². The second kappa shape index (κ2) is 11.6. The molecule has 2 saturated carbocycles. The molecule has 0 saturated heterocycles. The molecule has 0 aromatic rings. The number of hydrogen-bond donors (Lipinski definition) is 0. The number of rotatable bonds is 0. The van der Waals surface area contributed by atoms with E-state index in [1.54, 1.807) is 23.0 Å². The Hall–Kier alpha value is 1.04. The minimum absolute atomic E-state index is 0. The normalized spacial score (nSPS) is 26.3. The maximum absolute atomic E-state index is 2.29. The number of hydrogen-bond acceptors (Lipinski definition) is 0. The first-order valence-electron chi connectivity index (χ1n) is 8.14. The Kier molecular flexibility index (Phi) is 12.1. The van der Waals surface area contributed by atoms with Crippen molar-refractivity contribution >= 4 is 0 Å². The summed E-state index contributed by atoms with van der Waals surface area (Å²) in [6.45, 7) is 4.54. The van der Waals surface area contributed by atoms with Crippen LogP contribution in [0.5, 0.6) is 0 Å². The summed E-state index contributed by atoms with van der Waals surface area (Å²) in [4.78, 5) is 0. The largest absolute Gasteiger partial charge is 4.00 e. The second-order valence-electron chi connectivity index (χ2n) is 6.60. The fourth-order valence-electron chi connectivity index (χ4n) is 3.95. The molecular formula is C20H26I2Zr. The average molecular weight is 611 g/mol. The standard InChI is InChI=1S/2C10H13.2HI.Zr/c2*1-8-6-7-9-4-2-3-5-10(8)9;;;/h2*2-3,5,9H,4,6-7H2,1H3;2*1H;/q2*-1;;;+4/p-2. The van der Waals surface area contributed by atoms with Crippen LogP contribution in [0, 0.1) is 23.7 Å². The number of allylic oxidation sites excluding steroid dienone is 8. The summed E-state index contributed by atoms with van der Waals surface area (Å²) >= 11 is 0. The quantitative estimate of drug-likeness (QED) is 0.262. The van der Waals surface area contributed by atoms with E-state index in [9.17, 15) is 0 Å². The zero-order valence-electron chi connectivity index (χ0n) is 14.1. The molecule has 2 unspecified atom stereocenters. The van der Waals surface area contributed by atoms with Crippen LogP contribution in [0.25, 0.3) is 0 Å². The van der Waals surface area contributed by atoms with E-state index in [-0.39, 0.29) is 74.2 Å². The van der Waals surface area contributed by atoms with E-state index < -0.39 is 0 Å². The molecule has 2 atom stereocenters. The molecule has 4 rings (SSSR count). The van der Waals surface area contributed by atoms with Gasteiger partial charge in [-0.05, 0) is 24.7 Å². The first-order chi connectivity index (χ1) is 9.75. The summed E-state index contributed by atoms with van der Waals surface area (Å²) in [5.41, 5.74) is 3.25.